The fraction of sp³-hybridized carbons (Fsp3) is 0.435. The van der Waals surface area contributed by atoms with E-state index in [4.69, 9.17) is 9.16 Å². The van der Waals surface area contributed by atoms with Crippen molar-refractivity contribution in [2.75, 3.05) is 52.5 Å². The predicted molar refractivity (Wildman–Crippen MR) is 112 cm³/mol. The summed E-state index contributed by atoms with van der Waals surface area (Å²) >= 11 is 0. The molecule has 1 aromatic rings. The molecule has 0 aromatic carbocycles. The summed E-state index contributed by atoms with van der Waals surface area (Å²) in [6, 6.07) is 0. The molecule has 0 unspecified atom stereocenters. The van der Waals surface area contributed by atoms with Gasteiger partial charge in [0, 0.05) is 74.5 Å². The summed E-state index contributed by atoms with van der Waals surface area (Å²) in [7, 11) is 0. The lowest BCUT2D eigenvalue weighted by Crippen LogP contribution is -2.37. The smallest absolute Gasteiger partial charge is 0.344 e. The van der Waals surface area contributed by atoms with Gasteiger partial charge in [0.25, 0.3) is 6.61 Å². The van der Waals surface area contributed by atoms with Gasteiger partial charge in [0.1, 0.15) is 0 Å². The summed E-state index contributed by atoms with van der Waals surface area (Å²) in [5.74, 6) is 0.943. The maximum atomic E-state index is 6.11. The Kier molecular flexibility index (Phi) is 5.37. The number of carbonyl (C=O) groups excluding carboxylic acids is 1. The van der Waals surface area contributed by atoms with Crippen LogP contribution in [0.2, 0.25) is 0 Å². The van der Waals surface area contributed by atoms with Gasteiger partial charge in [-0.15, -0.1) is 0 Å². The number of rotatable bonds is 5. The number of nitrogens with zero attached hydrogens (tertiary/aromatic N) is 4. The van der Waals surface area contributed by atoms with E-state index in [0.29, 0.717) is 0 Å². The van der Waals surface area contributed by atoms with Gasteiger partial charge in [0.2, 0.25) is 0 Å². The zero-order chi connectivity index (χ0) is 19.5. The second-order valence-corrected chi connectivity index (χ2v) is 7.73. The second kappa shape index (κ2) is 8.43. The van der Waals surface area contributed by atoms with Gasteiger partial charge < -0.3 is 9.64 Å². The van der Waals surface area contributed by atoms with Crippen molar-refractivity contribution in [2.45, 2.75) is 12.8 Å². The zero-order valence-corrected chi connectivity index (χ0v) is 16.7. The molecule has 0 saturated carbocycles. The van der Waals surface area contributed by atoms with Crippen LogP contribution < -0.4 is 0 Å². The van der Waals surface area contributed by atoms with Crippen LogP contribution in [0.4, 0.5) is 0 Å². The summed E-state index contributed by atoms with van der Waals surface area (Å²) in [5, 5.41) is 0. The van der Waals surface area contributed by atoms with Gasteiger partial charge in [-0.3, -0.25) is 19.3 Å². The van der Waals surface area contributed by atoms with E-state index in [1.54, 1.807) is 12.4 Å². The molecule has 6 heteroatoms. The van der Waals surface area contributed by atoms with E-state index in [-0.39, 0.29) is 0 Å². The first-order chi connectivity index (χ1) is 14.4. The third-order valence-corrected chi connectivity index (χ3v) is 5.88. The highest BCUT2D eigenvalue weighted by atomic mass is 16.5. The van der Waals surface area contributed by atoms with Crippen LogP contribution in [0.25, 0.3) is 5.57 Å². The summed E-state index contributed by atoms with van der Waals surface area (Å²) in [6.45, 7) is 7.51. The first kappa shape index (κ1) is 18.5. The number of allylic oxidation sites excluding steroid dienone is 4. The number of morpholine rings is 1. The Morgan fingerprint density at radius 2 is 2.03 bits per heavy atom. The van der Waals surface area contributed by atoms with E-state index < -0.39 is 0 Å². The average molecular weight is 391 g/mol. The van der Waals surface area contributed by atoms with Crippen molar-refractivity contribution in [1.29, 1.82) is 0 Å². The van der Waals surface area contributed by atoms with E-state index in [0.717, 1.165) is 76.9 Å². The Bertz CT molecular complexity index is 908. The molecule has 0 bridgehead atoms. The van der Waals surface area contributed by atoms with Gasteiger partial charge in [-0.1, -0.05) is 6.08 Å². The van der Waals surface area contributed by atoms with Crippen molar-refractivity contribution in [3.8, 4) is 0 Å². The summed E-state index contributed by atoms with van der Waals surface area (Å²) in [5.41, 5.74) is 6.02. The minimum Gasteiger partial charge on any atom is -0.379 e. The molecule has 0 radical (unpaired) electrons. The normalized spacial score (nSPS) is 23.2. The molecular formula is C23H27N4O2+. The molecule has 0 amide bonds. The van der Waals surface area contributed by atoms with Gasteiger partial charge in [-0.25, -0.2) is 0 Å². The molecule has 150 valence electrons. The number of fused-ring (bicyclic) bond motifs is 3. The summed E-state index contributed by atoms with van der Waals surface area (Å²) < 4.78 is 11.5. The highest BCUT2D eigenvalue weighted by molar-refractivity contribution is 6.05. The Morgan fingerprint density at radius 3 is 2.90 bits per heavy atom. The molecular weight excluding hydrogens is 364 g/mol. The molecule has 4 aliphatic rings. The van der Waals surface area contributed by atoms with Gasteiger partial charge in [0.05, 0.1) is 31.2 Å². The number of ketones is 1. The van der Waals surface area contributed by atoms with Crippen molar-refractivity contribution in [1.82, 2.24) is 19.8 Å². The molecule has 6 nitrogen and oxygen atoms in total. The quantitative estimate of drug-likeness (QED) is 0.569. The largest absolute Gasteiger partial charge is 0.379 e. The van der Waals surface area contributed by atoms with Crippen LogP contribution >= 0.6 is 0 Å². The maximum Gasteiger partial charge on any atom is 0.344 e. The predicted octanol–water partition coefficient (Wildman–Crippen LogP) is 2.16. The van der Waals surface area contributed by atoms with Crippen molar-refractivity contribution in [3.63, 3.8) is 0 Å². The third-order valence-electron chi connectivity index (χ3n) is 5.88. The van der Waals surface area contributed by atoms with Crippen LogP contribution in [0.15, 0.2) is 59.7 Å². The highest BCUT2D eigenvalue weighted by Gasteiger charge is 2.32. The molecule has 5 rings (SSSR count). The van der Waals surface area contributed by atoms with Crippen molar-refractivity contribution >= 4 is 11.4 Å². The fourth-order valence-corrected chi connectivity index (χ4v) is 4.39. The van der Waals surface area contributed by atoms with E-state index in [9.17, 15) is 0 Å². The summed E-state index contributed by atoms with van der Waals surface area (Å²) in [4.78, 5) is 13.7. The van der Waals surface area contributed by atoms with E-state index in [2.05, 4.69) is 44.1 Å². The topological polar surface area (TPSA) is 52.8 Å². The van der Waals surface area contributed by atoms with Crippen molar-refractivity contribution in [3.05, 3.63) is 65.4 Å². The lowest BCUT2D eigenvalue weighted by molar-refractivity contribution is -0.456. The minimum absolute atomic E-state index is 0.736. The Morgan fingerprint density at radius 1 is 1.10 bits per heavy atom. The van der Waals surface area contributed by atoms with Crippen LogP contribution in [0.3, 0.4) is 0 Å². The molecule has 1 aromatic heterocycles. The van der Waals surface area contributed by atoms with Gasteiger partial charge in [0.15, 0.2) is 0 Å². The zero-order valence-electron chi connectivity index (χ0n) is 16.7. The van der Waals surface area contributed by atoms with E-state index in [1.165, 1.54) is 22.4 Å². The monoisotopic (exact) mass is 391 g/mol. The Labute approximate surface area is 171 Å². The molecule has 4 heterocycles. The standard InChI is InChI=1S/C23H27N4O2/c1-3-23-20-15-18(29-12-2-8-26-10-13-28-14-11-26)4-5-19(20)21(17-27(23)9-1)22-16-24-6-7-25-22/h3-7,15-16H,1-2,8-14,17H2/q+1. The minimum atomic E-state index is 0.736. The SMILES string of the molecule is C1=CC2=C(c3cnccn3)CN3CCC=C3C2=CC1=[O+]CCCN1CCOCC1. The molecule has 0 atom stereocenters. The number of hydrogen-bond acceptors (Lipinski definition) is 5. The Hall–Kier alpha value is -2.57. The number of ether oxygens (including phenoxy) is 1. The lowest BCUT2D eigenvalue weighted by atomic mass is 9.87. The lowest BCUT2D eigenvalue weighted by Gasteiger charge is -2.32. The molecule has 1 saturated heterocycles. The number of hydrogen-bond donors (Lipinski definition) is 0. The molecule has 1 fully saturated rings. The highest BCUT2D eigenvalue weighted by Crippen LogP contribution is 2.39. The van der Waals surface area contributed by atoms with Crippen molar-refractivity contribution in [2.24, 2.45) is 0 Å². The second-order valence-electron chi connectivity index (χ2n) is 7.73. The maximum absolute atomic E-state index is 6.11. The van der Waals surface area contributed by atoms with Crippen LogP contribution in [-0.2, 0) is 9.16 Å². The van der Waals surface area contributed by atoms with Gasteiger partial charge in [-0.2, -0.15) is 0 Å². The van der Waals surface area contributed by atoms with Crippen LogP contribution in [0.5, 0.6) is 0 Å². The first-order valence-corrected chi connectivity index (χ1v) is 10.5. The van der Waals surface area contributed by atoms with Gasteiger partial charge in [-0.05, 0) is 18.1 Å². The van der Waals surface area contributed by atoms with Gasteiger partial charge >= 0.3 is 5.78 Å². The van der Waals surface area contributed by atoms with E-state index >= 15 is 0 Å². The molecule has 1 aliphatic carbocycles. The van der Waals surface area contributed by atoms with Crippen LogP contribution in [0.1, 0.15) is 18.5 Å². The molecule has 0 spiro atoms. The van der Waals surface area contributed by atoms with Crippen molar-refractivity contribution < 1.29 is 9.16 Å². The van der Waals surface area contributed by atoms with Crippen LogP contribution in [0, 0.1) is 0 Å². The average Bonchev–Trinajstić information content (AvgIpc) is 3.26. The fourth-order valence-electron chi connectivity index (χ4n) is 4.39. The first-order valence-electron chi connectivity index (χ1n) is 10.5. The molecule has 29 heavy (non-hydrogen) atoms. The Balaban J connectivity index is 1.34. The van der Waals surface area contributed by atoms with E-state index in [1.807, 2.05) is 6.20 Å². The summed E-state index contributed by atoms with van der Waals surface area (Å²) in [6.07, 6.45) is 16.3. The molecule has 0 N–H and O–H groups in total. The number of aromatic nitrogens is 2. The van der Waals surface area contributed by atoms with Crippen LogP contribution in [-0.4, -0.2) is 78.1 Å². The third kappa shape index (κ3) is 3.95. The molecule has 3 aliphatic heterocycles.